The van der Waals surface area contributed by atoms with Crippen LogP contribution in [0.25, 0.3) is 0 Å². The van der Waals surface area contributed by atoms with Crippen molar-refractivity contribution in [2.45, 2.75) is 44.7 Å². The summed E-state index contributed by atoms with van der Waals surface area (Å²) in [6, 6.07) is 0.144. The van der Waals surface area contributed by atoms with Gasteiger partial charge in [0.05, 0.1) is 0 Å². The van der Waals surface area contributed by atoms with Crippen LogP contribution in [0, 0.1) is 0 Å². The van der Waals surface area contributed by atoms with Crippen LogP contribution in [0.4, 0.5) is 0 Å². The van der Waals surface area contributed by atoms with Gasteiger partial charge in [-0.05, 0) is 26.2 Å². The van der Waals surface area contributed by atoms with Gasteiger partial charge >= 0.3 is 0 Å². The third-order valence-corrected chi connectivity index (χ3v) is 5.67. The Balaban J connectivity index is 0.00000144. The van der Waals surface area contributed by atoms with Crippen LogP contribution in [0.3, 0.4) is 0 Å². The first-order valence-electron chi connectivity index (χ1n) is 6.04. The summed E-state index contributed by atoms with van der Waals surface area (Å²) in [6.45, 7) is 3.71. The summed E-state index contributed by atoms with van der Waals surface area (Å²) < 4.78 is 27.9. The van der Waals surface area contributed by atoms with Crippen molar-refractivity contribution in [2.24, 2.45) is 5.73 Å². The molecule has 2 atom stereocenters. The van der Waals surface area contributed by atoms with Gasteiger partial charge in [-0.2, -0.15) is 17.0 Å². The van der Waals surface area contributed by atoms with Gasteiger partial charge in [-0.15, -0.1) is 12.4 Å². The minimum absolute atomic E-state index is 0. The molecule has 2 saturated heterocycles. The van der Waals surface area contributed by atoms with Crippen molar-refractivity contribution in [2.75, 3.05) is 19.6 Å². The number of nitrogens with zero attached hydrogens (tertiary/aromatic N) is 2. The van der Waals surface area contributed by atoms with Crippen molar-refractivity contribution in [3.63, 3.8) is 0 Å². The second-order valence-electron chi connectivity index (χ2n) is 4.87. The molecule has 2 aliphatic heterocycles. The molecule has 2 N–H and O–H groups in total. The summed E-state index contributed by atoms with van der Waals surface area (Å²) in [6.07, 6.45) is 3.86. The van der Waals surface area contributed by atoms with Crippen LogP contribution in [-0.2, 0) is 10.2 Å². The third-order valence-electron chi connectivity index (χ3n) is 3.55. The standard InChI is InChI=1S/C10H21N3O2S.ClH/c1-9-4-2-3-6-13(9)16(14,15)12-7-5-10(11)8-12;/h9-10H,2-8,11H2,1H3;1H/t9?,10-;/m1./s1. The largest absolute Gasteiger partial charge is 0.326 e. The Morgan fingerprint density at radius 2 is 1.88 bits per heavy atom. The number of hydrogen-bond acceptors (Lipinski definition) is 3. The number of nitrogens with two attached hydrogens (primary N) is 1. The first-order chi connectivity index (χ1) is 7.51. The fourth-order valence-electron chi connectivity index (χ4n) is 2.53. The number of halogens is 1. The van der Waals surface area contributed by atoms with Gasteiger partial charge in [0, 0.05) is 31.7 Å². The van der Waals surface area contributed by atoms with E-state index in [0.717, 1.165) is 25.7 Å². The zero-order chi connectivity index (χ0) is 11.8. The molecule has 0 radical (unpaired) electrons. The van der Waals surface area contributed by atoms with Crippen LogP contribution >= 0.6 is 12.4 Å². The van der Waals surface area contributed by atoms with Gasteiger partial charge in [0.2, 0.25) is 0 Å². The Bertz CT molecular complexity index is 349. The maximum atomic E-state index is 12.3. The number of rotatable bonds is 2. The molecular weight excluding hydrogens is 262 g/mol. The molecule has 102 valence electrons. The van der Waals surface area contributed by atoms with Crippen LogP contribution in [0.1, 0.15) is 32.6 Å². The molecule has 0 aliphatic carbocycles. The second-order valence-corrected chi connectivity index (χ2v) is 6.75. The van der Waals surface area contributed by atoms with E-state index in [-0.39, 0.29) is 24.5 Å². The second kappa shape index (κ2) is 5.84. The average molecular weight is 284 g/mol. The highest BCUT2D eigenvalue weighted by atomic mass is 35.5. The lowest BCUT2D eigenvalue weighted by Gasteiger charge is -2.35. The van der Waals surface area contributed by atoms with Crippen LogP contribution in [-0.4, -0.2) is 48.7 Å². The highest BCUT2D eigenvalue weighted by Gasteiger charge is 2.37. The van der Waals surface area contributed by atoms with E-state index in [1.807, 2.05) is 6.92 Å². The molecule has 2 rings (SSSR count). The van der Waals surface area contributed by atoms with Crippen molar-refractivity contribution in [3.05, 3.63) is 0 Å². The topological polar surface area (TPSA) is 66.6 Å². The first-order valence-corrected chi connectivity index (χ1v) is 7.44. The van der Waals surface area contributed by atoms with E-state index in [1.54, 1.807) is 8.61 Å². The molecule has 0 saturated carbocycles. The summed E-state index contributed by atoms with van der Waals surface area (Å²) in [4.78, 5) is 0. The molecule has 0 amide bonds. The maximum absolute atomic E-state index is 12.3. The summed E-state index contributed by atoms with van der Waals surface area (Å²) >= 11 is 0. The Morgan fingerprint density at radius 1 is 1.18 bits per heavy atom. The number of hydrogen-bond donors (Lipinski definition) is 1. The smallest absolute Gasteiger partial charge is 0.282 e. The van der Waals surface area contributed by atoms with Crippen molar-refractivity contribution in [1.29, 1.82) is 0 Å². The van der Waals surface area contributed by atoms with Crippen LogP contribution < -0.4 is 5.73 Å². The molecule has 2 fully saturated rings. The molecule has 17 heavy (non-hydrogen) atoms. The molecule has 0 spiro atoms. The van der Waals surface area contributed by atoms with E-state index >= 15 is 0 Å². The minimum atomic E-state index is -3.26. The summed E-state index contributed by atoms with van der Waals surface area (Å²) in [5.74, 6) is 0. The van der Waals surface area contributed by atoms with Gasteiger partial charge in [-0.1, -0.05) is 6.42 Å². The fourth-order valence-corrected chi connectivity index (χ4v) is 4.46. The molecule has 5 nitrogen and oxygen atoms in total. The minimum Gasteiger partial charge on any atom is -0.326 e. The SMILES string of the molecule is CC1CCCCN1S(=O)(=O)N1CC[C@@H](N)C1.Cl. The molecule has 1 unspecified atom stereocenters. The fraction of sp³-hybridized carbons (Fsp3) is 1.00. The van der Waals surface area contributed by atoms with E-state index in [0.29, 0.717) is 19.6 Å². The first kappa shape index (κ1) is 15.2. The summed E-state index contributed by atoms with van der Waals surface area (Å²) in [5, 5.41) is 0. The maximum Gasteiger partial charge on any atom is 0.282 e. The van der Waals surface area contributed by atoms with E-state index in [9.17, 15) is 8.42 Å². The van der Waals surface area contributed by atoms with Crippen molar-refractivity contribution < 1.29 is 8.42 Å². The molecule has 0 aromatic carbocycles. The molecule has 7 heteroatoms. The Labute approximate surface area is 110 Å². The quantitative estimate of drug-likeness (QED) is 0.805. The lowest BCUT2D eigenvalue weighted by molar-refractivity contribution is 0.250. The van der Waals surface area contributed by atoms with Gasteiger partial charge in [-0.3, -0.25) is 0 Å². The predicted octanol–water partition coefficient (Wildman–Crippen LogP) is 0.560. The Kier molecular flexibility index (Phi) is 5.21. The average Bonchev–Trinajstić information content (AvgIpc) is 2.66. The highest BCUT2D eigenvalue weighted by molar-refractivity contribution is 7.86. The van der Waals surface area contributed by atoms with E-state index in [4.69, 9.17) is 5.73 Å². The molecule has 0 aromatic heterocycles. The van der Waals surface area contributed by atoms with Gasteiger partial charge in [0.25, 0.3) is 10.2 Å². The van der Waals surface area contributed by atoms with Crippen molar-refractivity contribution in [3.8, 4) is 0 Å². The monoisotopic (exact) mass is 283 g/mol. The van der Waals surface area contributed by atoms with Crippen molar-refractivity contribution in [1.82, 2.24) is 8.61 Å². The zero-order valence-corrected chi connectivity index (χ0v) is 11.8. The van der Waals surface area contributed by atoms with Gasteiger partial charge in [0.1, 0.15) is 0 Å². The van der Waals surface area contributed by atoms with Crippen LogP contribution in [0.5, 0.6) is 0 Å². The van der Waals surface area contributed by atoms with Crippen LogP contribution in [0.15, 0.2) is 0 Å². The zero-order valence-electron chi connectivity index (χ0n) is 10.2. The lowest BCUT2D eigenvalue weighted by Crippen LogP contribution is -2.49. The molecule has 2 aliphatic rings. The Morgan fingerprint density at radius 3 is 2.41 bits per heavy atom. The Hall–Kier alpha value is 0.120. The number of piperidine rings is 1. The van der Waals surface area contributed by atoms with Gasteiger partial charge < -0.3 is 5.73 Å². The normalized spacial score (nSPS) is 32.4. The van der Waals surface area contributed by atoms with E-state index < -0.39 is 10.2 Å². The molecule has 0 aromatic rings. The summed E-state index contributed by atoms with van der Waals surface area (Å²) in [7, 11) is -3.26. The molecule has 0 bridgehead atoms. The van der Waals surface area contributed by atoms with E-state index in [2.05, 4.69) is 0 Å². The van der Waals surface area contributed by atoms with Crippen LogP contribution in [0.2, 0.25) is 0 Å². The lowest BCUT2D eigenvalue weighted by atomic mass is 10.1. The van der Waals surface area contributed by atoms with Gasteiger partial charge in [-0.25, -0.2) is 0 Å². The van der Waals surface area contributed by atoms with Crippen molar-refractivity contribution >= 4 is 22.6 Å². The van der Waals surface area contributed by atoms with E-state index in [1.165, 1.54) is 0 Å². The van der Waals surface area contributed by atoms with Gasteiger partial charge in [0.15, 0.2) is 0 Å². The third kappa shape index (κ3) is 3.12. The summed E-state index contributed by atoms with van der Waals surface area (Å²) in [5.41, 5.74) is 5.76. The predicted molar refractivity (Wildman–Crippen MR) is 70.4 cm³/mol. The molecule has 2 heterocycles. The molecular formula is C10H22ClN3O2S. The highest BCUT2D eigenvalue weighted by Crippen LogP contribution is 2.24.